The van der Waals surface area contributed by atoms with E-state index in [-0.39, 0.29) is 6.54 Å². The first-order valence-electron chi connectivity index (χ1n) is 8.07. The highest BCUT2D eigenvalue weighted by Crippen LogP contribution is 2.18. The van der Waals surface area contributed by atoms with Crippen molar-refractivity contribution in [3.8, 4) is 5.75 Å². The number of piperidine rings is 1. The molecule has 2 rings (SSSR count). The fourth-order valence-electron chi connectivity index (χ4n) is 2.96. The molecule has 0 bridgehead atoms. The first-order valence-corrected chi connectivity index (χ1v) is 8.45. The largest absolute Gasteiger partial charge is 0.493 e. The molecule has 0 saturated carbocycles. The van der Waals surface area contributed by atoms with Crippen molar-refractivity contribution in [1.29, 1.82) is 0 Å². The number of hydrogen-bond donors (Lipinski definition) is 1. The molecule has 0 unspecified atom stereocenters. The molecule has 0 radical (unpaired) electrons. The van der Waals surface area contributed by atoms with Crippen LogP contribution in [0, 0.1) is 0 Å². The minimum Gasteiger partial charge on any atom is -0.493 e. The number of likely N-dealkylation sites (N-methyl/N-ethyl adjacent to an activating group) is 1. The Morgan fingerprint density at radius 3 is 2.83 bits per heavy atom. The highest BCUT2D eigenvalue weighted by atomic mass is 35.5. The van der Waals surface area contributed by atoms with Crippen LogP contribution in [-0.4, -0.2) is 66.8 Å². The lowest BCUT2D eigenvalue weighted by atomic mass is 10.0. The van der Waals surface area contributed by atoms with Crippen molar-refractivity contribution < 1.29 is 14.6 Å². The minimum absolute atomic E-state index is 0.123. The summed E-state index contributed by atoms with van der Waals surface area (Å²) in [5, 5.41) is 9.54. The van der Waals surface area contributed by atoms with Gasteiger partial charge in [-0.05, 0) is 57.6 Å². The Hall–Kier alpha value is -1.30. The predicted molar refractivity (Wildman–Crippen MR) is 91.3 cm³/mol. The van der Waals surface area contributed by atoms with Gasteiger partial charge in [0.1, 0.15) is 5.75 Å². The first-order chi connectivity index (χ1) is 11.0. The zero-order valence-corrected chi connectivity index (χ0v) is 14.3. The van der Waals surface area contributed by atoms with E-state index in [0.29, 0.717) is 17.7 Å². The van der Waals surface area contributed by atoms with Crippen molar-refractivity contribution in [3.63, 3.8) is 0 Å². The van der Waals surface area contributed by atoms with Crippen molar-refractivity contribution in [2.75, 3.05) is 39.8 Å². The highest BCUT2D eigenvalue weighted by Gasteiger charge is 2.23. The molecule has 0 spiro atoms. The van der Waals surface area contributed by atoms with Gasteiger partial charge in [0.25, 0.3) is 0 Å². The van der Waals surface area contributed by atoms with E-state index in [2.05, 4.69) is 4.90 Å². The summed E-state index contributed by atoms with van der Waals surface area (Å²) in [6, 6.07) is 7.84. The molecule has 128 valence electrons. The van der Waals surface area contributed by atoms with Gasteiger partial charge in [0.15, 0.2) is 0 Å². The lowest BCUT2D eigenvalue weighted by Gasteiger charge is -2.36. The second-order valence-electron chi connectivity index (χ2n) is 6.04. The van der Waals surface area contributed by atoms with Crippen LogP contribution in [0.1, 0.15) is 19.3 Å². The molecule has 0 aliphatic carbocycles. The standard InChI is InChI=1S/C17H25ClN2O3/c1-19(13-17(21)22)15-6-9-20(10-7-15)8-3-11-23-16-5-2-4-14(18)12-16/h2,4-5,12,15H,3,6-11,13H2,1H3,(H,21,22). The Morgan fingerprint density at radius 2 is 2.17 bits per heavy atom. The number of benzene rings is 1. The third-order valence-electron chi connectivity index (χ3n) is 4.25. The summed E-state index contributed by atoms with van der Waals surface area (Å²) in [5.74, 6) is 0.0552. The van der Waals surface area contributed by atoms with E-state index in [4.69, 9.17) is 21.4 Å². The number of halogens is 1. The molecule has 5 nitrogen and oxygen atoms in total. The predicted octanol–water partition coefficient (Wildman–Crippen LogP) is 2.59. The SMILES string of the molecule is CN(CC(=O)O)C1CCN(CCCOc2cccc(Cl)c2)CC1. The zero-order valence-electron chi connectivity index (χ0n) is 13.6. The molecular formula is C17H25ClN2O3. The van der Waals surface area contributed by atoms with Gasteiger partial charge < -0.3 is 14.7 Å². The molecule has 1 aromatic carbocycles. The molecule has 6 heteroatoms. The number of carboxylic acid groups (broad SMARTS) is 1. The topological polar surface area (TPSA) is 53.0 Å². The molecule has 23 heavy (non-hydrogen) atoms. The molecule has 1 aliphatic heterocycles. The van der Waals surface area contributed by atoms with Crippen molar-refractivity contribution >= 4 is 17.6 Å². The molecule has 0 amide bonds. The van der Waals surface area contributed by atoms with Crippen LogP contribution in [-0.2, 0) is 4.79 Å². The van der Waals surface area contributed by atoms with E-state index in [1.165, 1.54) is 0 Å². The van der Waals surface area contributed by atoms with Crippen LogP contribution in [0.3, 0.4) is 0 Å². The van der Waals surface area contributed by atoms with E-state index < -0.39 is 5.97 Å². The molecule has 1 aromatic rings. The van der Waals surface area contributed by atoms with Crippen LogP contribution >= 0.6 is 11.6 Å². The summed E-state index contributed by atoms with van der Waals surface area (Å²) in [7, 11) is 1.90. The zero-order chi connectivity index (χ0) is 16.7. The molecule has 1 aliphatic rings. The maximum atomic E-state index is 10.8. The van der Waals surface area contributed by atoms with Crippen LogP contribution in [0.5, 0.6) is 5.75 Å². The molecule has 1 N–H and O–H groups in total. The smallest absolute Gasteiger partial charge is 0.317 e. The summed E-state index contributed by atoms with van der Waals surface area (Å²) < 4.78 is 5.70. The fourth-order valence-corrected chi connectivity index (χ4v) is 3.14. The van der Waals surface area contributed by atoms with Gasteiger partial charge in [-0.3, -0.25) is 9.69 Å². The van der Waals surface area contributed by atoms with E-state index in [1.54, 1.807) is 0 Å². The van der Waals surface area contributed by atoms with Gasteiger partial charge in [-0.2, -0.15) is 0 Å². The van der Waals surface area contributed by atoms with Gasteiger partial charge in [0, 0.05) is 17.6 Å². The fraction of sp³-hybridized carbons (Fsp3) is 0.588. The maximum Gasteiger partial charge on any atom is 0.317 e. The van der Waals surface area contributed by atoms with Gasteiger partial charge in [-0.25, -0.2) is 0 Å². The average molecular weight is 341 g/mol. The molecule has 1 fully saturated rings. The molecular weight excluding hydrogens is 316 g/mol. The van der Waals surface area contributed by atoms with Crippen molar-refractivity contribution in [2.24, 2.45) is 0 Å². The Labute approximate surface area is 142 Å². The quantitative estimate of drug-likeness (QED) is 0.737. The van der Waals surface area contributed by atoms with E-state index in [0.717, 1.165) is 44.6 Å². The normalized spacial score (nSPS) is 16.7. The molecule has 1 saturated heterocycles. The van der Waals surface area contributed by atoms with Gasteiger partial charge in [0.05, 0.1) is 13.2 Å². The van der Waals surface area contributed by atoms with Crippen LogP contribution in [0.15, 0.2) is 24.3 Å². The number of likely N-dealkylation sites (tertiary alicyclic amines) is 1. The Kier molecular flexibility index (Phi) is 7.15. The van der Waals surface area contributed by atoms with Gasteiger partial charge in [0.2, 0.25) is 0 Å². The summed E-state index contributed by atoms with van der Waals surface area (Å²) in [6.07, 6.45) is 3.03. The summed E-state index contributed by atoms with van der Waals surface area (Å²) in [4.78, 5) is 15.1. The van der Waals surface area contributed by atoms with E-state index in [1.807, 2.05) is 36.2 Å². The number of nitrogens with zero attached hydrogens (tertiary/aromatic N) is 2. The minimum atomic E-state index is -0.756. The summed E-state index contributed by atoms with van der Waals surface area (Å²) in [6.45, 7) is 3.85. The monoisotopic (exact) mass is 340 g/mol. The lowest BCUT2D eigenvalue weighted by molar-refractivity contribution is -0.138. The van der Waals surface area contributed by atoms with Crippen LogP contribution in [0.4, 0.5) is 0 Å². The third kappa shape index (κ3) is 6.37. The summed E-state index contributed by atoms with van der Waals surface area (Å²) >= 11 is 5.92. The van der Waals surface area contributed by atoms with Crippen molar-refractivity contribution in [2.45, 2.75) is 25.3 Å². The second-order valence-corrected chi connectivity index (χ2v) is 6.48. The maximum absolute atomic E-state index is 10.8. The van der Waals surface area contributed by atoms with E-state index >= 15 is 0 Å². The van der Waals surface area contributed by atoms with Gasteiger partial charge in [-0.1, -0.05) is 17.7 Å². The van der Waals surface area contributed by atoms with E-state index in [9.17, 15) is 4.79 Å². The Bertz CT molecular complexity index is 504. The van der Waals surface area contributed by atoms with Crippen LogP contribution < -0.4 is 4.74 Å². The number of hydrogen-bond acceptors (Lipinski definition) is 4. The number of carboxylic acids is 1. The van der Waals surface area contributed by atoms with Gasteiger partial charge >= 0.3 is 5.97 Å². The first kappa shape index (κ1) is 18.0. The Balaban J connectivity index is 1.60. The summed E-state index contributed by atoms with van der Waals surface area (Å²) in [5.41, 5.74) is 0. The van der Waals surface area contributed by atoms with Gasteiger partial charge in [-0.15, -0.1) is 0 Å². The number of rotatable bonds is 8. The number of carbonyl (C=O) groups is 1. The van der Waals surface area contributed by atoms with Crippen molar-refractivity contribution in [1.82, 2.24) is 9.80 Å². The molecule has 0 aromatic heterocycles. The second kappa shape index (κ2) is 9.11. The molecule has 1 heterocycles. The number of ether oxygens (including phenoxy) is 1. The number of aliphatic carboxylic acids is 1. The van der Waals surface area contributed by atoms with Crippen LogP contribution in [0.2, 0.25) is 5.02 Å². The third-order valence-corrected chi connectivity index (χ3v) is 4.48. The van der Waals surface area contributed by atoms with Crippen LogP contribution in [0.25, 0.3) is 0 Å². The Morgan fingerprint density at radius 1 is 1.43 bits per heavy atom. The highest BCUT2D eigenvalue weighted by molar-refractivity contribution is 6.30. The average Bonchev–Trinajstić information content (AvgIpc) is 2.51. The lowest BCUT2D eigenvalue weighted by Crippen LogP contribution is -2.45. The van der Waals surface area contributed by atoms with Crippen molar-refractivity contribution in [3.05, 3.63) is 29.3 Å². The molecule has 0 atom stereocenters.